The second-order valence-electron chi connectivity index (χ2n) is 7.16. The Balaban J connectivity index is 1.61. The molecule has 1 N–H and O–H groups in total. The van der Waals surface area contributed by atoms with Gasteiger partial charge in [0.2, 0.25) is 6.33 Å². The number of hydrogen-bond donors (Lipinski definition) is 1. The first-order valence-corrected chi connectivity index (χ1v) is 11.4. The first-order chi connectivity index (χ1) is 15.0. The van der Waals surface area contributed by atoms with Crippen LogP contribution < -0.4 is 9.88 Å². The topological polar surface area (TPSA) is 30.1 Å². The summed E-state index contributed by atoms with van der Waals surface area (Å²) in [7, 11) is 0. The molecular formula is C24H27Cl3N3O+. The number of hydrogen-bond acceptors (Lipinski definition) is 2. The molecule has 0 aliphatic rings. The molecule has 0 spiro atoms. The maximum absolute atomic E-state index is 6.46. The van der Waals surface area contributed by atoms with Crippen molar-refractivity contribution in [1.29, 1.82) is 0 Å². The van der Waals surface area contributed by atoms with E-state index in [-0.39, 0.29) is 6.10 Å². The van der Waals surface area contributed by atoms with Gasteiger partial charge in [0, 0.05) is 26.3 Å². The summed E-state index contributed by atoms with van der Waals surface area (Å²) in [6.07, 6.45) is 11.0. The van der Waals surface area contributed by atoms with Gasteiger partial charge in [-0.1, -0.05) is 53.0 Å². The number of halogens is 3. The molecule has 0 bridgehead atoms. The molecule has 1 heterocycles. The summed E-state index contributed by atoms with van der Waals surface area (Å²) in [6.45, 7) is 4.94. The number of nitrogens with one attached hydrogen (secondary N) is 1. The summed E-state index contributed by atoms with van der Waals surface area (Å²) in [5, 5.41) is 5.38. The highest BCUT2D eigenvalue weighted by Crippen LogP contribution is 2.29. The highest BCUT2D eigenvalue weighted by Gasteiger charge is 2.19. The minimum absolute atomic E-state index is 0.164. The van der Waals surface area contributed by atoms with Gasteiger partial charge in [0.05, 0.1) is 13.2 Å². The van der Waals surface area contributed by atoms with E-state index in [1.807, 2.05) is 49.4 Å². The third kappa shape index (κ3) is 7.58. The van der Waals surface area contributed by atoms with Crippen LogP contribution in [0.3, 0.4) is 0 Å². The van der Waals surface area contributed by atoms with Crippen molar-refractivity contribution in [1.82, 2.24) is 4.57 Å². The Morgan fingerprint density at radius 2 is 1.87 bits per heavy atom. The number of ether oxygens (including phenoxy) is 1. The van der Waals surface area contributed by atoms with Gasteiger partial charge < -0.3 is 10.1 Å². The molecule has 0 saturated carbocycles. The Labute approximate surface area is 199 Å². The zero-order valence-corrected chi connectivity index (χ0v) is 19.7. The second kappa shape index (κ2) is 12.2. The maximum atomic E-state index is 6.46. The molecule has 0 amide bonds. The van der Waals surface area contributed by atoms with Crippen LogP contribution in [0.15, 0.2) is 73.3 Å². The summed E-state index contributed by atoms with van der Waals surface area (Å²) < 4.78 is 10.4. The average molecular weight is 480 g/mol. The minimum atomic E-state index is -0.164. The van der Waals surface area contributed by atoms with Crippen LogP contribution >= 0.6 is 34.8 Å². The molecule has 0 saturated heterocycles. The lowest BCUT2D eigenvalue weighted by Gasteiger charge is -2.18. The summed E-state index contributed by atoms with van der Waals surface area (Å²) in [6, 6.07) is 13.3. The zero-order valence-electron chi connectivity index (χ0n) is 17.5. The fourth-order valence-corrected chi connectivity index (χ4v) is 3.87. The highest BCUT2D eigenvalue weighted by molar-refractivity contribution is 6.35. The summed E-state index contributed by atoms with van der Waals surface area (Å²) in [5.74, 6) is 0. The van der Waals surface area contributed by atoms with Crippen molar-refractivity contribution < 1.29 is 9.30 Å². The van der Waals surface area contributed by atoms with Crippen LogP contribution in [-0.2, 0) is 17.8 Å². The predicted molar refractivity (Wildman–Crippen MR) is 129 cm³/mol. The number of imidazole rings is 1. The van der Waals surface area contributed by atoms with E-state index in [0.29, 0.717) is 23.2 Å². The van der Waals surface area contributed by atoms with Gasteiger partial charge in [-0.2, -0.15) is 0 Å². The second-order valence-corrected chi connectivity index (χ2v) is 8.44. The SMILES string of the molecule is CC=CCCOC(C[n+]1ccn(CCNc2ccc(Cl)cc2)c1)c1ccc(Cl)cc1Cl. The number of aromatic nitrogens is 2. The standard InChI is InChI=1S/C24H27Cl3N3O/c1-2-3-4-15-31-24(22-10-7-20(26)16-23(22)27)17-30-14-13-29(18-30)12-11-28-21-8-5-19(25)6-9-21/h2-3,5-10,13-14,16,18,24,28H,4,11-12,15,17H2,1H3/q+1. The first-order valence-electron chi connectivity index (χ1n) is 10.3. The van der Waals surface area contributed by atoms with Crippen molar-refractivity contribution in [3.05, 3.63) is 94.0 Å². The lowest BCUT2D eigenvalue weighted by atomic mass is 10.1. The van der Waals surface area contributed by atoms with Crippen LogP contribution in [0.1, 0.15) is 25.0 Å². The van der Waals surface area contributed by atoms with Crippen LogP contribution in [0.5, 0.6) is 0 Å². The fourth-order valence-electron chi connectivity index (χ4n) is 3.22. The molecule has 0 fully saturated rings. The van der Waals surface area contributed by atoms with Crippen molar-refractivity contribution >= 4 is 40.5 Å². The van der Waals surface area contributed by atoms with Gasteiger partial charge in [-0.3, -0.25) is 0 Å². The molecule has 0 aliphatic carbocycles. The van der Waals surface area contributed by atoms with Crippen molar-refractivity contribution in [3.8, 4) is 0 Å². The number of rotatable bonds is 11. The van der Waals surface area contributed by atoms with Crippen LogP contribution in [-0.4, -0.2) is 17.7 Å². The number of benzene rings is 2. The molecule has 4 nitrogen and oxygen atoms in total. The zero-order chi connectivity index (χ0) is 22.1. The molecule has 1 atom stereocenters. The van der Waals surface area contributed by atoms with Gasteiger partial charge >= 0.3 is 0 Å². The quantitative estimate of drug-likeness (QED) is 0.191. The molecule has 0 radical (unpaired) electrons. The smallest absolute Gasteiger partial charge is 0.243 e. The number of anilines is 1. The lowest BCUT2D eigenvalue weighted by molar-refractivity contribution is -0.704. The van der Waals surface area contributed by atoms with Crippen molar-refractivity contribution in [2.24, 2.45) is 0 Å². The van der Waals surface area contributed by atoms with Gasteiger partial charge in [0.15, 0.2) is 0 Å². The Kier molecular flexibility index (Phi) is 9.29. The third-order valence-electron chi connectivity index (χ3n) is 4.81. The average Bonchev–Trinajstić information content (AvgIpc) is 3.19. The van der Waals surface area contributed by atoms with E-state index in [1.165, 1.54) is 0 Å². The number of allylic oxidation sites excluding steroid dienone is 1. The van der Waals surface area contributed by atoms with Gasteiger partial charge in [-0.15, -0.1) is 0 Å². The van der Waals surface area contributed by atoms with E-state index in [1.54, 1.807) is 6.07 Å². The Bertz CT molecular complexity index is 986. The predicted octanol–water partition coefficient (Wildman–Crippen LogP) is 6.57. The molecule has 1 unspecified atom stereocenters. The van der Waals surface area contributed by atoms with E-state index in [2.05, 4.69) is 39.2 Å². The Hall–Kier alpha value is -1.98. The number of nitrogens with zero attached hydrogens (tertiary/aromatic N) is 2. The minimum Gasteiger partial charge on any atom is -0.381 e. The van der Waals surface area contributed by atoms with E-state index in [9.17, 15) is 0 Å². The summed E-state index contributed by atoms with van der Waals surface area (Å²) in [4.78, 5) is 0. The molecule has 164 valence electrons. The molecule has 3 rings (SSSR count). The molecular weight excluding hydrogens is 453 g/mol. The van der Waals surface area contributed by atoms with E-state index in [4.69, 9.17) is 39.5 Å². The highest BCUT2D eigenvalue weighted by atomic mass is 35.5. The third-order valence-corrected chi connectivity index (χ3v) is 5.63. The largest absolute Gasteiger partial charge is 0.381 e. The van der Waals surface area contributed by atoms with Gasteiger partial charge in [0.25, 0.3) is 0 Å². The summed E-state index contributed by atoms with van der Waals surface area (Å²) in [5.41, 5.74) is 1.99. The Morgan fingerprint density at radius 1 is 1.10 bits per heavy atom. The monoisotopic (exact) mass is 478 g/mol. The van der Waals surface area contributed by atoms with Crippen LogP contribution in [0.2, 0.25) is 15.1 Å². The molecule has 31 heavy (non-hydrogen) atoms. The molecule has 7 heteroatoms. The van der Waals surface area contributed by atoms with Crippen LogP contribution in [0.25, 0.3) is 0 Å². The lowest BCUT2D eigenvalue weighted by Crippen LogP contribution is -2.36. The van der Waals surface area contributed by atoms with Crippen LogP contribution in [0.4, 0.5) is 5.69 Å². The van der Waals surface area contributed by atoms with Gasteiger partial charge in [0.1, 0.15) is 31.6 Å². The van der Waals surface area contributed by atoms with Crippen molar-refractivity contribution in [3.63, 3.8) is 0 Å². The maximum Gasteiger partial charge on any atom is 0.243 e. The van der Waals surface area contributed by atoms with Gasteiger partial charge in [-0.05, 0) is 49.7 Å². The molecule has 2 aromatic carbocycles. The van der Waals surface area contributed by atoms with Crippen molar-refractivity contribution in [2.75, 3.05) is 18.5 Å². The van der Waals surface area contributed by atoms with Crippen molar-refractivity contribution in [2.45, 2.75) is 32.5 Å². The summed E-state index contributed by atoms with van der Waals surface area (Å²) >= 11 is 18.5. The van der Waals surface area contributed by atoms with Crippen LogP contribution in [0, 0.1) is 0 Å². The van der Waals surface area contributed by atoms with E-state index >= 15 is 0 Å². The van der Waals surface area contributed by atoms with Gasteiger partial charge in [-0.25, -0.2) is 9.13 Å². The molecule has 0 aliphatic heterocycles. The normalized spacial score (nSPS) is 12.4. The fraction of sp³-hybridized carbons (Fsp3) is 0.292. The molecule has 3 aromatic rings. The van der Waals surface area contributed by atoms with E-state index < -0.39 is 0 Å². The first kappa shape index (κ1) is 23.7. The Morgan fingerprint density at radius 3 is 2.61 bits per heavy atom. The van der Waals surface area contributed by atoms with E-state index in [0.717, 1.165) is 35.8 Å². The molecule has 1 aromatic heterocycles.